The minimum atomic E-state index is 0.547. The van der Waals surface area contributed by atoms with Crippen molar-refractivity contribution >= 4 is 11.5 Å². The monoisotopic (exact) mass is 221 g/mol. The number of hydrogen-bond acceptors (Lipinski definition) is 4. The second-order valence-electron chi connectivity index (χ2n) is 4.21. The molecule has 1 aromatic heterocycles. The van der Waals surface area contributed by atoms with Crippen LogP contribution in [0.2, 0.25) is 0 Å². The molecule has 1 heterocycles. The van der Waals surface area contributed by atoms with E-state index in [9.17, 15) is 0 Å². The van der Waals surface area contributed by atoms with E-state index in [0.717, 1.165) is 12.2 Å². The van der Waals surface area contributed by atoms with Gasteiger partial charge in [-0.05, 0) is 37.8 Å². The van der Waals surface area contributed by atoms with Gasteiger partial charge in [0.05, 0.1) is 12.3 Å². The van der Waals surface area contributed by atoms with Crippen LogP contribution in [0.5, 0.6) is 5.88 Å². The zero-order chi connectivity index (χ0) is 11.4. The van der Waals surface area contributed by atoms with Crippen LogP contribution in [0.4, 0.5) is 11.5 Å². The van der Waals surface area contributed by atoms with Gasteiger partial charge in [0.15, 0.2) is 0 Å². The number of ether oxygens (including phenoxy) is 1. The van der Waals surface area contributed by atoms with Gasteiger partial charge in [-0.2, -0.15) is 4.98 Å². The molecular formula is C12H19N3O. The smallest absolute Gasteiger partial charge is 0.239 e. The molecule has 1 aliphatic carbocycles. The van der Waals surface area contributed by atoms with Gasteiger partial charge < -0.3 is 15.8 Å². The molecule has 0 amide bonds. The van der Waals surface area contributed by atoms with Crippen molar-refractivity contribution in [3.8, 4) is 5.88 Å². The molecule has 1 aliphatic rings. The van der Waals surface area contributed by atoms with Crippen molar-refractivity contribution in [1.29, 1.82) is 0 Å². The molecule has 1 saturated carbocycles. The molecule has 1 fully saturated rings. The summed E-state index contributed by atoms with van der Waals surface area (Å²) in [5.74, 6) is 1.41. The highest BCUT2D eigenvalue weighted by atomic mass is 16.5. The maximum absolute atomic E-state index is 5.79. The molecule has 0 aliphatic heterocycles. The quantitative estimate of drug-likeness (QED) is 0.801. The summed E-state index contributed by atoms with van der Waals surface area (Å²) in [6, 6.07) is 4.33. The number of hydrogen-bond donors (Lipinski definition) is 2. The van der Waals surface area contributed by atoms with Gasteiger partial charge >= 0.3 is 0 Å². The Kier molecular flexibility index (Phi) is 3.49. The Bertz CT molecular complexity index is 350. The Morgan fingerprint density at radius 3 is 2.94 bits per heavy atom. The topological polar surface area (TPSA) is 60.2 Å². The lowest BCUT2D eigenvalue weighted by Crippen LogP contribution is -2.27. The van der Waals surface area contributed by atoms with Crippen LogP contribution in [-0.4, -0.2) is 17.6 Å². The van der Waals surface area contributed by atoms with E-state index in [4.69, 9.17) is 10.5 Å². The zero-order valence-corrected chi connectivity index (χ0v) is 9.70. The van der Waals surface area contributed by atoms with Gasteiger partial charge in [-0.1, -0.05) is 6.92 Å². The molecule has 0 aromatic carbocycles. The predicted octanol–water partition coefficient (Wildman–Crippen LogP) is 2.42. The summed E-state index contributed by atoms with van der Waals surface area (Å²) in [4.78, 5) is 4.37. The van der Waals surface area contributed by atoms with Crippen molar-refractivity contribution in [3.05, 3.63) is 12.1 Å². The average molecular weight is 221 g/mol. The van der Waals surface area contributed by atoms with Gasteiger partial charge in [0.2, 0.25) is 5.88 Å². The number of nitrogens with one attached hydrogen (secondary N) is 1. The second kappa shape index (κ2) is 5.05. The van der Waals surface area contributed by atoms with Crippen LogP contribution in [0.3, 0.4) is 0 Å². The van der Waals surface area contributed by atoms with Crippen molar-refractivity contribution in [2.45, 2.75) is 38.6 Å². The lowest BCUT2D eigenvalue weighted by atomic mass is 9.93. The molecule has 2 rings (SSSR count). The molecule has 0 bridgehead atoms. The summed E-state index contributed by atoms with van der Waals surface area (Å²) in [5, 5.41) is 3.38. The fourth-order valence-electron chi connectivity index (χ4n) is 1.61. The van der Waals surface area contributed by atoms with Gasteiger partial charge in [-0.25, -0.2) is 0 Å². The second-order valence-corrected chi connectivity index (χ2v) is 4.21. The third-order valence-corrected chi connectivity index (χ3v) is 2.79. The SMILES string of the molecule is CCCOc1nc(NC2CCC2)ccc1N. The largest absolute Gasteiger partial charge is 0.476 e. The van der Waals surface area contributed by atoms with E-state index in [-0.39, 0.29) is 0 Å². The van der Waals surface area contributed by atoms with E-state index in [2.05, 4.69) is 17.2 Å². The molecule has 1 aromatic rings. The Morgan fingerprint density at radius 1 is 1.50 bits per heavy atom. The normalized spacial score (nSPS) is 15.6. The predicted molar refractivity (Wildman–Crippen MR) is 65.7 cm³/mol. The fraction of sp³-hybridized carbons (Fsp3) is 0.583. The summed E-state index contributed by atoms with van der Waals surface area (Å²) in [5.41, 5.74) is 6.40. The lowest BCUT2D eigenvalue weighted by molar-refractivity contribution is 0.307. The van der Waals surface area contributed by atoms with Crippen LogP contribution in [0.25, 0.3) is 0 Å². The van der Waals surface area contributed by atoms with Crippen molar-refractivity contribution in [2.75, 3.05) is 17.7 Å². The van der Waals surface area contributed by atoms with E-state index in [1.54, 1.807) is 0 Å². The molecule has 0 unspecified atom stereocenters. The molecular weight excluding hydrogens is 202 g/mol. The molecule has 0 saturated heterocycles. The molecule has 88 valence electrons. The lowest BCUT2D eigenvalue weighted by Gasteiger charge is -2.27. The molecule has 4 nitrogen and oxygen atoms in total. The standard InChI is InChI=1S/C12H19N3O/c1-2-8-16-12-10(13)6-7-11(15-12)14-9-4-3-5-9/h6-7,9H,2-5,8,13H2,1H3,(H,14,15). The summed E-state index contributed by atoms with van der Waals surface area (Å²) < 4.78 is 5.48. The third kappa shape index (κ3) is 2.56. The summed E-state index contributed by atoms with van der Waals surface area (Å²) in [7, 11) is 0. The van der Waals surface area contributed by atoms with E-state index in [1.165, 1.54) is 19.3 Å². The number of nitrogens with zero attached hydrogens (tertiary/aromatic N) is 1. The number of pyridine rings is 1. The van der Waals surface area contributed by atoms with Crippen molar-refractivity contribution < 1.29 is 4.74 Å². The number of anilines is 2. The van der Waals surface area contributed by atoms with Gasteiger partial charge in [-0.15, -0.1) is 0 Å². The van der Waals surface area contributed by atoms with Crippen molar-refractivity contribution in [3.63, 3.8) is 0 Å². The number of aromatic nitrogens is 1. The Labute approximate surface area is 96.2 Å². The molecule has 4 heteroatoms. The minimum Gasteiger partial charge on any atom is -0.476 e. The number of nitrogen functional groups attached to an aromatic ring is 1. The highest BCUT2D eigenvalue weighted by Gasteiger charge is 2.17. The first-order valence-corrected chi connectivity index (χ1v) is 5.95. The van der Waals surface area contributed by atoms with Crippen LogP contribution in [0.1, 0.15) is 32.6 Å². The Balaban J connectivity index is 2.01. The number of rotatable bonds is 5. The van der Waals surface area contributed by atoms with Crippen LogP contribution < -0.4 is 15.8 Å². The summed E-state index contributed by atoms with van der Waals surface area (Å²) in [6.07, 6.45) is 4.74. The van der Waals surface area contributed by atoms with Crippen LogP contribution in [-0.2, 0) is 0 Å². The zero-order valence-electron chi connectivity index (χ0n) is 9.70. The molecule has 16 heavy (non-hydrogen) atoms. The van der Waals surface area contributed by atoms with E-state index >= 15 is 0 Å². The summed E-state index contributed by atoms with van der Waals surface area (Å²) in [6.45, 7) is 2.72. The van der Waals surface area contributed by atoms with Gasteiger partial charge in [0, 0.05) is 6.04 Å². The van der Waals surface area contributed by atoms with E-state index < -0.39 is 0 Å². The Hall–Kier alpha value is -1.45. The highest BCUT2D eigenvalue weighted by molar-refractivity contribution is 5.53. The van der Waals surface area contributed by atoms with Crippen LogP contribution in [0, 0.1) is 0 Å². The Morgan fingerprint density at radius 2 is 2.31 bits per heavy atom. The fourth-order valence-corrected chi connectivity index (χ4v) is 1.61. The number of nitrogens with two attached hydrogens (primary N) is 1. The summed E-state index contributed by atoms with van der Waals surface area (Å²) >= 11 is 0. The first-order chi connectivity index (χ1) is 7.79. The third-order valence-electron chi connectivity index (χ3n) is 2.79. The first-order valence-electron chi connectivity index (χ1n) is 5.95. The van der Waals surface area contributed by atoms with Gasteiger partial charge in [0.1, 0.15) is 5.82 Å². The maximum atomic E-state index is 5.79. The first kappa shape index (κ1) is 11.0. The highest BCUT2D eigenvalue weighted by Crippen LogP contribution is 2.25. The van der Waals surface area contributed by atoms with Gasteiger partial charge in [-0.3, -0.25) is 0 Å². The average Bonchev–Trinajstić information content (AvgIpc) is 2.23. The maximum Gasteiger partial charge on any atom is 0.239 e. The minimum absolute atomic E-state index is 0.547. The molecule has 0 spiro atoms. The van der Waals surface area contributed by atoms with E-state index in [0.29, 0.717) is 24.2 Å². The molecule has 3 N–H and O–H groups in total. The molecule has 0 radical (unpaired) electrons. The van der Waals surface area contributed by atoms with Crippen LogP contribution >= 0.6 is 0 Å². The van der Waals surface area contributed by atoms with Crippen LogP contribution in [0.15, 0.2) is 12.1 Å². The van der Waals surface area contributed by atoms with Crippen molar-refractivity contribution in [2.24, 2.45) is 0 Å². The van der Waals surface area contributed by atoms with Gasteiger partial charge in [0.25, 0.3) is 0 Å². The molecule has 0 atom stereocenters. The van der Waals surface area contributed by atoms with Crippen molar-refractivity contribution in [1.82, 2.24) is 4.98 Å². The van der Waals surface area contributed by atoms with E-state index in [1.807, 2.05) is 12.1 Å².